The lowest BCUT2D eigenvalue weighted by Crippen LogP contribution is -2.38. The molecule has 2 N–H and O–H groups in total. The number of rotatable bonds is 6. The van der Waals surface area contributed by atoms with Gasteiger partial charge in [0.15, 0.2) is 0 Å². The molecule has 0 atom stereocenters. The number of anilines is 1. The minimum atomic E-state index is -0.528. The van der Waals surface area contributed by atoms with E-state index in [1.54, 1.807) is 25.2 Å². The van der Waals surface area contributed by atoms with Crippen molar-refractivity contribution in [3.8, 4) is 11.3 Å². The van der Waals surface area contributed by atoms with Crippen molar-refractivity contribution in [1.82, 2.24) is 14.1 Å². The molecule has 8 nitrogen and oxygen atoms in total. The molecule has 4 aromatic rings. The number of nitrogens with zero attached hydrogens (tertiary/aromatic N) is 2. The SMILES string of the molecule is CCCn1c(=O)c2[nH]c(-c3ccc(COC(=O)Nc4ccccc4)cc3)cc2n(C)c1=O. The fraction of sp³-hybridized carbons (Fsp3) is 0.208. The number of hydrogen-bond donors (Lipinski definition) is 2. The van der Waals surface area contributed by atoms with Crippen LogP contribution in [-0.4, -0.2) is 20.2 Å². The highest BCUT2D eigenvalue weighted by molar-refractivity contribution is 5.84. The predicted octanol–water partition coefficient (Wildman–Crippen LogP) is 3.85. The van der Waals surface area contributed by atoms with Crippen LogP contribution in [0.5, 0.6) is 0 Å². The summed E-state index contributed by atoms with van der Waals surface area (Å²) in [6.45, 7) is 2.43. The number of hydrogen-bond acceptors (Lipinski definition) is 4. The fourth-order valence-electron chi connectivity index (χ4n) is 3.56. The van der Waals surface area contributed by atoms with Crippen LogP contribution in [0.3, 0.4) is 0 Å². The molecule has 164 valence electrons. The first-order valence-corrected chi connectivity index (χ1v) is 10.4. The second-order valence-corrected chi connectivity index (χ2v) is 7.51. The molecule has 8 heteroatoms. The van der Waals surface area contributed by atoms with Crippen LogP contribution in [0, 0.1) is 0 Å². The van der Waals surface area contributed by atoms with Crippen LogP contribution in [0.15, 0.2) is 70.3 Å². The molecule has 4 rings (SSSR count). The largest absolute Gasteiger partial charge is 0.444 e. The average molecular weight is 432 g/mol. The van der Waals surface area contributed by atoms with Crippen LogP contribution >= 0.6 is 0 Å². The van der Waals surface area contributed by atoms with E-state index in [9.17, 15) is 14.4 Å². The van der Waals surface area contributed by atoms with E-state index in [-0.39, 0.29) is 17.9 Å². The molecule has 1 amide bonds. The highest BCUT2D eigenvalue weighted by Gasteiger charge is 2.14. The summed E-state index contributed by atoms with van der Waals surface area (Å²) >= 11 is 0. The molecule has 0 radical (unpaired) electrons. The Balaban J connectivity index is 1.51. The van der Waals surface area contributed by atoms with Gasteiger partial charge in [0.1, 0.15) is 12.1 Å². The fourth-order valence-corrected chi connectivity index (χ4v) is 3.56. The van der Waals surface area contributed by atoms with Gasteiger partial charge < -0.3 is 9.72 Å². The Kier molecular flexibility index (Phi) is 5.93. The van der Waals surface area contributed by atoms with E-state index in [4.69, 9.17) is 4.74 Å². The van der Waals surface area contributed by atoms with E-state index in [1.807, 2.05) is 49.4 Å². The standard InChI is InChI=1S/C24H24N4O4/c1-3-13-28-22(29)21-20(27(2)24(28)31)14-19(26-21)17-11-9-16(10-12-17)15-32-23(30)25-18-7-5-4-6-8-18/h4-12,14,26H,3,13,15H2,1-2H3,(H,25,30). The van der Waals surface area contributed by atoms with Gasteiger partial charge in [-0.15, -0.1) is 0 Å². The van der Waals surface area contributed by atoms with Crippen LogP contribution in [0.2, 0.25) is 0 Å². The predicted molar refractivity (Wildman–Crippen MR) is 124 cm³/mol. The van der Waals surface area contributed by atoms with Gasteiger partial charge in [-0.1, -0.05) is 49.4 Å². The molecule has 0 saturated carbocycles. The zero-order valence-corrected chi connectivity index (χ0v) is 17.9. The van der Waals surface area contributed by atoms with Crippen molar-refractivity contribution in [2.45, 2.75) is 26.5 Å². The Hall–Kier alpha value is -4.07. The van der Waals surface area contributed by atoms with Crippen molar-refractivity contribution in [2.24, 2.45) is 7.05 Å². The summed E-state index contributed by atoms with van der Waals surface area (Å²) in [6, 6.07) is 18.3. The van der Waals surface area contributed by atoms with Crippen molar-refractivity contribution < 1.29 is 9.53 Å². The molecule has 0 spiro atoms. The van der Waals surface area contributed by atoms with Crippen LogP contribution in [0.4, 0.5) is 10.5 Å². The zero-order chi connectivity index (χ0) is 22.7. The first kappa shape index (κ1) is 21.2. The Bertz CT molecular complexity index is 1370. The van der Waals surface area contributed by atoms with Gasteiger partial charge in [0.05, 0.1) is 5.52 Å². The molecule has 0 aliphatic heterocycles. The third-order valence-electron chi connectivity index (χ3n) is 5.24. The normalized spacial score (nSPS) is 10.9. The van der Waals surface area contributed by atoms with Crippen molar-refractivity contribution in [3.05, 3.63) is 87.1 Å². The summed E-state index contributed by atoms with van der Waals surface area (Å²) < 4.78 is 8.01. The number of benzene rings is 2. The number of H-pyrrole nitrogens is 1. The summed E-state index contributed by atoms with van der Waals surface area (Å²) in [7, 11) is 1.66. The maximum atomic E-state index is 12.7. The number of nitrogens with one attached hydrogen (secondary N) is 2. The molecule has 2 heterocycles. The highest BCUT2D eigenvalue weighted by atomic mass is 16.5. The van der Waals surface area contributed by atoms with E-state index in [2.05, 4.69) is 10.3 Å². The maximum Gasteiger partial charge on any atom is 0.411 e. The summed E-state index contributed by atoms with van der Waals surface area (Å²) in [5, 5.41) is 2.67. The van der Waals surface area contributed by atoms with Gasteiger partial charge in [-0.05, 0) is 35.7 Å². The molecule has 0 aliphatic carbocycles. The number of para-hydroxylation sites is 1. The van der Waals surface area contributed by atoms with Crippen LogP contribution < -0.4 is 16.6 Å². The van der Waals surface area contributed by atoms with Crippen molar-refractivity contribution >= 4 is 22.8 Å². The topological polar surface area (TPSA) is 98.1 Å². The van der Waals surface area contributed by atoms with Gasteiger partial charge in [0, 0.05) is 25.0 Å². The summed E-state index contributed by atoms with van der Waals surface area (Å²) in [5.74, 6) is 0. The van der Waals surface area contributed by atoms with Gasteiger partial charge in [-0.3, -0.25) is 19.2 Å². The smallest absolute Gasteiger partial charge is 0.411 e. The van der Waals surface area contributed by atoms with E-state index >= 15 is 0 Å². The van der Waals surface area contributed by atoms with E-state index < -0.39 is 6.09 Å². The molecule has 2 aromatic carbocycles. The summed E-state index contributed by atoms with van der Waals surface area (Å²) in [5.41, 5.74) is 3.41. The van der Waals surface area contributed by atoms with E-state index in [1.165, 1.54) is 9.13 Å². The number of aromatic nitrogens is 3. The average Bonchev–Trinajstić information content (AvgIpc) is 3.26. The van der Waals surface area contributed by atoms with E-state index in [0.717, 1.165) is 16.8 Å². The first-order valence-electron chi connectivity index (χ1n) is 10.4. The molecular formula is C24H24N4O4. The van der Waals surface area contributed by atoms with Crippen LogP contribution in [-0.2, 0) is 24.9 Å². The van der Waals surface area contributed by atoms with Crippen molar-refractivity contribution in [2.75, 3.05) is 5.32 Å². The number of aryl methyl sites for hydroxylation is 1. The zero-order valence-electron chi connectivity index (χ0n) is 17.9. The minimum absolute atomic E-state index is 0.127. The second kappa shape index (κ2) is 8.97. The van der Waals surface area contributed by atoms with Gasteiger partial charge in [-0.25, -0.2) is 9.59 Å². The maximum absolute atomic E-state index is 12.7. The minimum Gasteiger partial charge on any atom is -0.444 e. The first-order chi connectivity index (χ1) is 15.5. The highest BCUT2D eigenvalue weighted by Crippen LogP contribution is 2.22. The van der Waals surface area contributed by atoms with Gasteiger partial charge >= 0.3 is 11.8 Å². The molecule has 0 aliphatic rings. The third kappa shape index (κ3) is 4.20. The number of ether oxygens (including phenoxy) is 1. The van der Waals surface area contributed by atoms with Crippen molar-refractivity contribution in [1.29, 1.82) is 0 Å². The van der Waals surface area contributed by atoms with Gasteiger partial charge in [-0.2, -0.15) is 0 Å². The Morgan fingerprint density at radius 2 is 1.78 bits per heavy atom. The molecule has 32 heavy (non-hydrogen) atoms. The lowest BCUT2D eigenvalue weighted by atomic mass is 10.1. The second-order valence-electron chi connectivity index (χ2n) is 7.51. The molecule has 0 saturated heterocycles. The quantitative estimate of drug-likeness (QED) is 0.483. The summed E-state index contributed by atoms with van der Waals surface area (Å²) in [6.07, 6.45) is 0.168. The molecule has 0 bridgehead atoms. The third-order valence-corrected chi connectivity index (χ3v) is 5.24. The Morgan fingerprint density at radius 1 is 1.06 bits per heavy atom. The lowest BCUT2D eigenvalue weighted by molar-refractivity contribution is 0.155. The number of carbonyl (C=O) groups excluding carboxylic acids is 1. The molecule has 0 fully saturated rings. The Morgan fingerprint density at radius 3 is 2.47 bits per heavy atom. The number of carbonyl (C=O) groups is 1. The van der Waals surface area contributed by atoms with Crippen LogP contribution in [0.1, 0.15) is 18.9 Å². The lowest BCUT2D eigenvalue weighted by Gasteiger charge is -2.07. The van der Waals surface area contributed by atoms with Gasteiger partial charge in [0.2, 0.25) is 0 Å². The van der Waals surface area contributed by atoms with E-state index in [0.29, 0.717) is 29.7 Å². The van der Waals surface area contributed by atoms with Crippen LogP contribution in [0.25, 0.3) is 22.3 Å². The monoisotopic (exact) mass is 432 g/mol. The summed E-state index contributed by atoms with van der Waals surface area (Å²) in [4.78, 5) is 40.3. The van der Waals surface area contributed by atoms with Crippen molar-refractivity contribution in [3.63, 3.8) is 0 Å². The molecular weight excluding hydrogens is 408 g/mol. The van der Waals surface area contributed by atoms with Gasteiger partial charge in [0.25, 0.3) is 5.56 Å². The molecule has 0 unspecified atom stereocenters. The number of amides is 1. The Labute approximate surface area is 184 Å². The number of fused-ring (bicyclic) bond motifs is 1. The number of aromatic amines is 1. The molecule has 2 aromatic heterocycles.